The van der Waals surface area contributed by atoms with Crippen LogP contribution in [0.4, 0.5) is 0 Å². The number of carbonyl (C=O) groups excluding carboxylic acids is 1. The first-order chi connectivity index (χ1) is 10.1. The minimum atomic E-state index is -0.849. The van der Waals surface area contributed by atoms with Gasteiger partial charge in [0.1, 0.15) is 0 Å². The van der Waals surface area contributed by atoms with Crippen LogP contribution < -0.4 is 5.32 Å². The molecule has 2 N–H and O–H groups in total. The van der Waals surface area contributed by atoms with Gasteiger partial charge in [-0.3, -0.25) is 9.59 Å². The molecule has 21 heavy (non-hydrogen) atoms. The van der Waals surface area contributed by atoms with Crippen molar-refractivity contribution in [3.63, 3.8) is 0 Å². The first kappa shape index (κ1) is 15.3. The Morgan fingerprint density at radius 1 is 1.14 bits per heavy atom. The summed E-state index contributed by atoms with van der Waals surface area (Å²) in [7, 11) is 0. The number of carboxylic acid groups (broad SMARTS) is 1. The van der Waals surface area contributed by atoms with Crippen LogP contribution in [0, 0.1) is 0 Å². The minimum Gasteiger partial charge on any atom is -0.481 e. The highest BCUT2D eigenvalue weighted by Gasteiger charge is 2.16. The van der Waals surface area contributed by atoms with Crippen LogP contribution in [0.5, 0.6) is 0 Å². The highest BCUT2D eigenvalue weighted by atomic mass is 32.1. The summed E-state index contributed by atoms with van der Waals surface area (Å²) in [6.45, 7) is 0. The van der Waals surface area contributed by atoms with Crippen molar-refractivity contribution in [1.82, 2.24) is 5.32 Å². The van der Waals surface area contributed by atoms with Crippen LogP contribution in [-0.2, 0) is 11.2 Å². The number of amides is 1. The van der Waals surface area contributed by atoms with Crippen molar-refractivity contribution in [2.75, 3.05) is 0 Å². The normalized spacial score (nSPS) is 11.8. The number of aliphatic carboxylic acids is 1. The third-order valence-corrected chi connectivity index (χ3v) is 3.98. The van der Waals surface area contributed by atoms with Crippen molar-refractivity contribution in [2.45, 2.75) is 25.3 Å². The molecule has 4 nitrogen and oxygen atoms in total. The van der Waals surface area contributed by atoms with Crippen LogP contribution in [0.3, 0.4) is 0 Å². The van der Waals surface area contributed by atoms with Crippen molar-refractivity contribution in [2.24, 2.45) is 0 Å². The van der Waals surface area contributed by atoms with E-state index in [1.54, 1.807) is 6.07 Å². The van der Waals surface area contributed by atoms with Gasteiger partial charge in [-0.1, -0.05) is 36.4 Å². The summed E-state index contributed by atoms with van der Waals surface area (Å²) < 4.78 is 0. The molecule has 0 aliphatic carbocycles. The molecule has 0 bridgehead atoms. The molecule has 1 amide bonds. The maximum absolute atomic E-state index is 12.1. The Labute approximate surface area is 127 Å². The van der Waals surface area contributed by atoms with E-state index in [1.807, 2.05) is 41.8 Å². The largest absolute Gasteiger partial charge is 0.481 e. The zero-order chi connectivity index (χ0) is 15.1. The van der Waals surface area contributed by atoms with E-state index in [4.69, 9.17) is 5.11 Å². The fourth-order valence-electron chi connectivity index (χ4n) is 2.09. The van der Waals surface area contributed by atoms with E-state index in [2.05, 4.69) is 5.32 Å². The average molecular weight is 303 g/mol. The van der Waals surface area contributed by atoms with Gasteiger partial charge in [-0.15, -0.1) is 11.3 Å². The van der Waals surface area contributed by atoms with Gasteiger partial charge in [-0.05, 0) is 29.9 Å². The number of nitrogens with one attached hydrogen (secondary N) is 1. The van der Waals surface area contributed by atoms with Gasteiger partial charge in [0.05, 0.1) is 4.88 Å². The van der Waals surface area contributed by atoms with Crippen LogP contribution in [0.2, 0.25) is 0 Å². The maximum Gasteiger partial charge on any atom is 0.303 e. The lowest BCUT2D eigenvalue weighted by atomic mass is 10.0. The van der Waals surface area contributed by atoms with Gasteiger partial charge in [0.15, 0.2) is 0 Å². The van der Waals surface area contributed by atoms with Crippen molar-refractivity contribution in [3.05, 3.63) is 58.3 Å². The van der Waals surface area contributed by atoms with Gasteiger partial charge in [0, 0.05) is 12.5 Å². The predicted octanol–water partition coefficient (Wildman–Crippen LogP) is 2.95. The molecule has 2 rings (SSSR count). The Balaban J connectivity index is 2.01. The standard InChI is InChI=1S/C16H17NO3S/c18-15(19)9-8-13(11-12-5-2-1-3-6-12)17-16(20)14-7-4-10-21-14/h1-7,10,13H,8-9,11H2,(H,17,20)(H,18,19). The molecule has 110 valence electrons. The number of benzene rings is 1. The van der Waals surface area contributed by atoms with Crippen LogP contribution in [0.1, 0.15) is 28.1 Å². The second-order valence-corrected chi connectivity index (χ2v) is 5.72. The van der Waals surface area contributed by atoms with Gasteiger partial charge < -0.3 is 10.4 Å². The van der Waals surface area contributed by atoms with Crippen LogP contribution in [0.15, 0.2) is 47.8 Å². The number of carboxylic acids is 1. The summed E-state index contributed by atoms with van der Waals surface area (Å²) >= 11 is 1.38. The molecule has 5 heteroatoms. The molecule has 0 radical (unpaired) electrons. The molecule has 1 unspecified atom stereocenters. The van der Waals surface area contributed by atoms with E-state index < -0.39 is 5.97 Å². The highest BCUT2D eigenvalue weighted by Crippen LogP contribution is 2.12. The van der Waals surface area contributed by atoms with Crippen LogP contribution in [0.25, 0.3) is 0 Å². The topological polar surface area (TPSA) is 66.4 Å². The first-order valence-corrected chi connectivity index (χ1v) is 7.63. The predicted molar refractivity (Wildman–Crippen MR) is 82.6 cm³/mol. The average Bonchev–Trinajstić information content (AvgIpc) is 3.00. The Hall–Kier alpha value is -2.14. The first-order valence-electron chi connectivity index (χ1n) is 6.75. The van der Waals surface area contributed by atoms with Crippen molar-refractivity contribution in [3.8, 4) is 0 Å². The summed E-state index contributed by atoms with van der Waals surface area (Å²) in [5.74, 6) is -0.991. The molecule has 1 atom stereocenters. The van der Waals surface area contributed by atoms with Gasteiger partial charge in [0.2, 0.25) is 0 Å². The number of carbonyl (C=O) groups is 2. The third-order valence-electron chi connectivity index (χ3n) is 3.11. The molecule has 0 aliphatic rings. The maximum atomic E-state index is 12.1. The smallest absolute Gasteiger partial charge is 0.303 e. The lowest BCUT2D eigenvalue weighted by Gasteiger charge is -2.17. The summed E-state index contributed by atoms with van der Waals surface area (Å²) in [5, 5.41) is 13.6. The fraction of sp³-hybridized carbons (Fsp3) is 0.250. The van der Waals surface area contributed by atoms with Gasteiger partial charge in [0.25, 0.3) is 5.91 Å². The van der Waals surface area contributed by atoms with Crippen LogP contribution >= 0.6 is 11.3 Å². The number of rotatable bonds is 7. The number of hydrogen-bond acceptors (Lipinski definition) is 3. The SMILES string of the molecule is O=C(O)CCC(Cc1ccccc1)NC(=O)c1cccs1. The highest BCUT2D eigenvalue weighted by molar-refractivity contribution is 7.12. The molecule has 0 saturated heterocycles. The van der Waals surface area contributed by atoms with E-state index in [0.717, 1.165) is 5.56 Å². The van der Waals surface area contributed by atoms with Crippen molar-refractivity contribution < 1.29 is 14.7 Å². The van der Waals surface area contributed by atoms with Gasteiger partial charge in [-0.25, -0.2) is 0 Å². The monoisotopic (exact) mass is 303 g/mol. The summed E-state index contributed by atoms with van der Waals surface area (Å²) in [6, 6.07) is 13.2. The molecule has 2 aromatic rings. The molecule has 1 aromatic carbocycles. The molecule has 0 spiro atoms. The second-order valence-electron chi connectivity index (χ2n) is 4.77. The molecular formula is C16H17NO3S. The summed E-state index contributed by atoms with van der Waals surface area (Å²) in [6.07, 6.45) is 1.09. The molecule has 0 saturated carbocycles. The van der Waals surface area contributed by atoms with Crippen LogP contribution in [-0.4, -0.2) is 23.0 Å². The Kier molecular flexibility index (Phi) is 5.51. The third kappa shape index (κ3) is 5.04. The van der Waals surface area contributed by atoms with Crippen molar-refractivity contribution in [1.29, 1.82) is 0 Å². The molecular weight excluding hydrogens is 286 g/mol. The molecule has 1 heterocycles. The number of thiophene rings is 1. The minimum absolute atomic E-state index is 0.0439. The van der Waals surface area contributed by atoms with E-state index in [0.29, 0.717) is 17.7 Å². The van der Waals surface area contributed by atoms with E-state index in [9.17, 15) is 9.59 Å². The zero-order valence-electron chi connectivity index (χ0n) is 11.5. The summed E-state index contributed by atoms with van der Waals surface area (Å²) in [4.78, 5) is 23.5. The van der Waals surface area contributed by atoms with Gasteiger partial charge in [-0.2, -0.15) is 0 Å². The van der Waals surface area contributed by atoms with Crippen molar-refractivity contribution >= 4 is 23.2 Å². The Bertz CT molecular complexity index is 581. The summed E-state index contributed by atoms with van der Waals surface area (Å²) in [5.41, 5.74) is 1.08. The fourth-order valence-corrected chi connectivity index (χ4v) is 2.71. The lowest BCUT2D eigenvalue weighted by molar-refractivity contribution is -0.137. The molecule has 0 aliphatic heterocycles. The number of hydrogen-bond donors (Lipinski definition) is 2. The molecule has 0 fully saturated rings. The van der Waals surface area contributed by atoms with E-state index in [1.165, 1.54) is 11.3 Å². The quantitative estimate of drug-likeness (QED) is 0.826. The van der Waals surface area contributed by atoms with E-state index in [-0.39, 0.29) is 18.4 Å². The molecule has 1 aromatic heterocycles. The zero-order valence-corrected chi connectivity index (χ0v) is 12.3. The Morgan fingerprint density at radius 3 is 2.52 bits per heavy atom. The van der Waals surface area contributed by atoms with Gasteiger partial charge >= 0.3 is 5.97 Å². The van der Waals surface area contributed by atoms with E-state index >= 15 is 0 Å². The lowest BCUT2D eigenvalue weighted by Crippen LogP contribution is -2.36. The Morgan fingerprint density at radius 2 is 1.90 bits per heavy atom. The second kappa shape index (κ2) is 7.59.